The molecule has 3 fully saturated rings. The monoisotopic (exact) mass is 479 g/mol. The summed E-state index contributed by atoms with van der Waals surface area (Å²) in [5.74, 6) is 2.01. The molecule has 182 valence electrons. The number of nitrogens with zero attached hydrogens (tertiary/aromatic N) is 1. The number of hydrazone groups is 1. The molecule has 0 aliphatic heterocycles. The van der Waals surface area contributed by atoms with E-state index in [0.717, 1.165) is 48.9 Å². The summed E-state index contributed by atoms with van der Waals surface area (Å²) in [4.78, 5) is 11.7. The van der Waals surface area contributed by atoms with Crippen LogP contribution in [0.15, 0.2) is 47.1 Å². The predicted octanol–water partition coefficient (Wildman–Crippen LogP) is 6.22. The number of hydrogen-bond donors (Lipinski definition) is 2. The Morgan fingerprint density at radius 1 is 1.06 bits per heavy atom. The van der Waals surface area contributed by atoms with Crippen LogP contribution in [0.5, 0.6) is 0 Å². The third-order valence-corrected chi connectivity index (χ3v) is 9.72. The van der Waals surface area contributed by atoms with Gasteiger partial charge in [0.2, 0.25) is 0 Å². The summed E-state index contributed by atoms with van der Waals surface area (Å²) < 4.78 is 5.80. The zero-order valence-corrected chi connectivity index (χ0v) is 21.4. The molecule has 1 aromatic rings. The van der Waals surface area contributed by atoms with Crippen molar-refractivity contribution in [1.82, 2.24) is 5.43 Å². The number of esters is 1. The van der Waals surface area contributed by atoms with Gasteiger partial charge in [0.05, 0.1) is 5.71 Å². The standard InChI is InChI=1S/C28H37N3O2S/c1-18(32)33-25-12-11-23-22-10-9-19-17-21(30-31-26(34)29-20-7-5-4-6-8-20)13-15-27(19,2)24(22)14-16-28(23,25)3/h4-8,17,22-25H,9-16H2,1-3H3,(H2,29,31,34)/b30-21+/t22-,23-,24-,25+,27-,28-/m0/s1. The molecule has 5 rings (SSSR count). The molecule has 0 spiro atoms. The number of ether oxygens (including phenoxy) is 1. The third-order valence-electron chi connectivity index (χ3n) is 9.53. The minimum atomic E-state index is -0.124. The zero-order valence-electron chi connectivity index (χ0n) is 20.6. The zero-order chi connectivity index (χ0) is 23.9. The van der Waals surface area contributed by atoms with Gasteiger partial charge in [0.1, 0.15) is 6.10 Å². The van der Waals surface area contributed by atoms with Gasteiger partial charge in [0.15, 0.2) is 5.11 Å². The lowest BCUT2D eigenvalue weighted by Gasteiger charge is -2.58. The Labute approximate surface area is 208 Å². The molecule has 0 amide bonds. The second kappa shape index (κ2) is 9.10. The fraction of sp³-hybridized carbons (Fsp3) is 0.607. The highest BCUT2D eigenvalue weighted by Crippen LogP contribution is 2.65. The molecule has 0 bridgehead atoms. The highest BCUT2D eigenvalue weighted by atomic mass is 32.1. The molecular formula is C28H37N3O2S. The molecule has 3 saturated carbocycles. The van der Waals surface area contributed by atoms with Crippen LogP contribution in [0, 0.1) is 28.6 Å². The summed E-state index contributed by atoms with van der Waals surface area (Å²) in [5.41, 5.74) is 7.07. The number of rotatable bonds is 3. The van der Waals surface area contributed by atoms with E-state index in [4.69, 9.17) is 17.0 Å². The Kier molecular flexibility index (Phi) is 6.30. The van der Waals surface area contributed by atoms with E-state index < -0.39 is 0 Å². The van der Waals surface area contributed by atoms with E-state index in [1.54, 1.807) is 12.5 Å². The van der Waals surface area contributed by atoms with Crippen molar-refractivity contribution in [2.45, 2.75) is 78.2 Å². The number of carbonyl (C=O) groups is 1. The van der Waals surface area contributed by atoms with E-state index in [1.165, 1.54) is 25.7 Å². The Bertz CT molecular complexity index is 1020. The Balaban J connectivity index is 1.27. The summed E-state index contributed by atoms with van der Waals surface area (Å²) >= 11 is 5.43. The molecule has 0 unspecified atom stereocenters. The van der Waals surface area contributed by atoms with Gasteiger partial charge in [0, 0.05) is 18.0 Å². The molecule has 6 heteroatoms. The first kappa shape index (κ1) is 23.5. The minimum Gasteiger partial charge on any atom is -0.462 e. The number of fused-ring (bicyclic) bond motifs is 5. The van der Waals surface area contributed by atoms with Crippen LogP contribution in [0.4, 0.5) is 5.69 Å². The number of carbonyl (C=O) groups excluding carboxylic acids is 1. The van der Waals surface area contributed by atoms with Gasteiger partial charge in [-0.05, 0) is 105 Å². The molecule has 2 N–H and O–H groups in total. The van der Waals surface area contributed by atoms with E-state index in [-0.39, 0.29) is 22.9 Å². The van der Waals surface area contributed by atoms with Crippen molar-refractivity contribution in [3.8, 4) is 0 Å². The van der Waals surface area contributed by atoms with Crippen LogP contribution in [0.25, 0.3) is 0 Å². The summed E-state index contributed by atoms with van der Waals surface area (Å²) in [6.45, 7) is 6.45. The Hall–Kier alpha value is -2.21. The topological polar surface area (TPSA) is 62.7 Å². The lowest BCUT2D eigenvalue weighted by Crippen LogP contribution is -2.51. The molecule has 1 aromatic carbocycles. The molecule has 0 aromatic heterocycles. The first-order valence-electron chi connectivity index (χ1n) is 12.9. The normalized spacial score (nSPS) is 37.6. The maximum atomic E-state index is 11.7. The largest absolute Gasteiger partial charge is 0.462 e. The quantitative estimate of drug-likeness (QED) is 0.306. The summed E-state index contributed by atoms with van der Waals surface area (Å²) in [6.07, 6.45) is 11.6. The number of nitrogens with one attached hydrogen (secondary N) is 2. The van der Waals surface area contributed by atoms with E-state index in [0.29, 0.717) is 11.0 Å². The molecule has 4 aliphatic rings. The van der Waals surface area contributed by atoms with E-state index in [2.05, 4.69) is 35.8 Å². The van der Waals surface area contributed by atoms with Crippen LogP contribution in [0.1, 0.15) is 72.1 Å². The van der Waals surface area contributed by atoms with Gasteiger partial charge in [-0.25, -0.2) is 0 Å². The number of anilines is 1. The Morgan fingerprint density at radius 3 is 2.62 bits per heavy atom. The molecule has 0 radical (unpaired) electrons. The average Bonchev–Trinajstić information content (AvgIpc) is 3.14. The molecule has 34 heavy (non-hydrogen) atoms. The van der Waals surface area contributed by atoms with Crippen LogP contribution in [0.3, 0.4) is 0 Å². The predicted molar refractivity (Wildman–Crippen MR) is 140 cm³/mol. The van der Waals surface area contributed by atoms with E-state index in [1.807, 2.05) is 30.3 Å². The Morgan fingerprint density at radius 2 is 1.85 bits per heavy atom. The van der Waals surface area contributed by atoms with Gasteiger partial charge in [0.25, 0.3) is 0 Å². The fourth-order valence-corrected chi connectivity index (χ4v) is 7.97. The van der Waals surface area contributed by atoms with E-state index in [9.17, 15) is 4.79 Å². The number of hydrogen-bond acceptors (Lipinski definition) is 4. The second-order valence-electron chi connectivity index (χ2n) is 11.3. The van der Waals surface area contributed by atoms with Crippen molar-refractivity contribution in [2.75, 3.05) is 5.32 Å². The number of allylic oxidation sites excluding steroid dienone is 2. The maximum absolute atomic E-state index is 11.7. The highest BCUT2D eigenvalue weighted by molar-refractivity contribution is 7.80. The van der Waals surface area contributed by atoms with Crippen LogP contribution < -0.4 is 10.7 Å². The smallest absolute Gasteiger partial charge is 0.302 e. The maximum Gasteiger partial charge on any atom is 0.302 e. The molecule has 6 atom stereocenters. The van der Waals surface area contributed by atoms with Gasteiger partial charge in [-0.3, -0.25) is 10.2 Å². The number of thiocarbonyl (C=S) groups is 1. The van der Waals surface area contributed by atoms with Crippen LogP contribution in [-0.2, 0) is 9.53 Å². The lowest BCUT2D eigenvalue weighted by atomic mass is 9.47. The number of para-hydroxylation sites is 1. The molecule has 0 saturated heterocycles. The molecule has 5 nitrogen and oxygen atoms in total. The first-order valence-corrected chi connectivity index (χ1v) is 13.3. The van der Waals surface area contributed by atoms with Gasteiger partial charge in [-0.2, -0.15) is 5.10 Å². The summed E-state index contributed by atoms with van der Waals surface area (Å²) in [7, 11) is 0. The van der Waals surface area contributed by atoms with Crippen LogP contribution in [-0.4, -0.2) is 22.9 Å². The van der Waals surface area contributed by atoms with Crippen LogP contribution in [0.2, 0.25) is 0 Å². The van der Waals surface area contributed by atoms with Gasteiger partial charge in [-0.1, -0.05) is 37.6 Å². The van der Waals surface area contributed by atoms with Crippen LogP contribution >= 0.6 is 12.2 Å². The van der Waals surface area contributed by atoms with Gasteiger partial charge < -0.3 is 10.1 Å². The van der Waals surface area contributed by atoms with Crippen molar-refractivity contribution in [3.05, 3.63) is 42.0 Å². The highest BCUT2D eigenvalue weighted by Gasteiger charge is 2.59. The summed E-state index contributed by atoms with van der Waals surface area (Å²) in [5, 5.41) is 8.35. The summed E-state index contributed by atoms with van der Waals surface area (Å²) in [6, 6.07) is 9.92. The van der Waals surface area contributed by atoms with Crippen molar-refractivity contribution in [3.63, 3.8) is 0 Å². The molecular weight excluding hydrogens is 442 g/mol. The molecule has 0 heterocycles. The second-order valence-corrected chi connectivity index (χ2v) is 11.7. The SMILES string of the molecule is CC(=O)O[C@@H]1CC[C@H]2[C@@H]3CCC4=C/C(=N/NC(=S)Nc5ccccc5)CC[C@]4(C)[C@H]3CC[C@]12C. The minimum absolute atomic E-state index is 0.102. The molecule has 4 aliphatic carbocycles. The average molecular weight is 480 g/mol. The number of benzene rings is 1. The lowest BCUT2D eigenvalue weighted by molar-refractivity contribution is -0.157. The van der Waals surface area contributed by atoms with Crippen molar-refractivity contribution in [2.24, 2.45) is 33.7 Å². The van der Waals surface area contributed by atoms with Crippen molar-refractivity contribution in [1.29, 1.82) is 0 Å². The van der Waals surface area contributed by atoms with E-state index >= 15 is 0 Å². The first-order chi connectivity index (χ1) is 16.3. The van der Waals surface area contributed by atoms with Crippen molar-refractivity contribution >= 4 is 34.7 Å². The fourth-order valence-electron chi connectivity index (χ4n) is 7.81. The van der Waals surface area contributed by atoms with Gasteiger partial charge >= 0.3 is 5.97 Å². The van der Waals surface area contributed by atoms with Gasteiger partial charge in [-0.15, -0.1) is 0 Å². The third kappa shape index (κ3) is 4.19. The van der Waals surface area contributed by atoms with Crippen molar-refractivity contribution < 1.29 is 9.53 Å².